The van der Waals surface area contributed by atoms with E-state index in [2.05, 4.69) is 6.92 Å². The Morgan fingerprint density at radius 3 is 0.935 bits per heavy atom. The largest absolute Gasteiger partial charge is 0.396 e. The Hall–Kier alpha value is -0.0800. The first-order chi connectivity index (χ1) is 15.3. The van der Waals surface area contributed by atoms with Gasteiger partial charge in [-0.2, -0.15) is 0 Å². The highest BCUT2D eigenvalue weighted by Gasteiger charge is 2.03. The normalized spacial score (nSPS) is 12.5. The monoisotopic (exact) mass is 440 g/mol. The Morgan fingerprint density at radius 1 is 0.387 bits per heavy atom. The molecule has 0 bridgehead atoms. The molecule has 0 aliphatic heterocycles. The van der Waals surface area contributed by atoms with Crippen LogP contribution in [0.5, 0.6) is 0 Å². The minimum atomic E-state index is -0.142. The third-order valence-electron chi connectivity index (χ3n) is 6.84. The van der Waals surface area contributed by atoms with Crippen LogP contribution in [0.2, 0.25) is 0 Å². The average Bonchev–Trinajstić information content (AvgIpc) is 2.77. The molecular weight excluding hydrogens is 380 g/mol. The zero-order valence-electron chi connectivity index (χ0n) is 21.6. The van der Waals surface area contributed by atoms with Gasteiger partial charge in [0, 0.05) is 6.61 Å². The highest BCUT2D eigenvalue weighted by molar-refractivity contribution is 4.57. The first-order valence-corrected chi connectivity index (χ1v) is 14.6. The molecule has 0 heterocycles. The molecule has 1 atom stereocenters. The second kappa shape index (κ2) is 28.0. The van der Waals surface area contributed by atoms with Crippen molar-refractivity contribution in [3.63, 3.8) is 0 Å². The minimum absolute atomic E-state index is 0.142. The number of unbranched alkanes of at least 4 members (excludes halogenated alkanes) is 22. The van der Waals surface area contributed by atoms with Crippen molar-refractivity contribution in [1.29, 1.82) is 0 Å². The van der Waals surface area contributed by atoms with Crippen molar-refractivity contribution in [3.8, 4) is 0 Å². The van der Waals surface area contributed by atoms with Crippen molar-refractivity contribution in [1.82, 2.24) is 0 Å². The summed E-state index contributed by atoms with van der Waals surface area (Å²) >= 11 is 0. The molecule has 2 heteroatoms. The van der Waals surface area contributed by atoms with E-state index in [1.54, 1.807) is 0 Å². The molecule has 0 rings (SSSR count). The summed E-state index contributed by atoms with van der Waals surface area (Å²) in [5.41, 5.74) is 0. The Bertz CT molecular complexity index is 305. The van der Waals surface area contributed by atoms with Crippen molar-refractivity contribution in [2.24, 2.45) is 0 Å². The Labute approximate surface area is 197 Å². The zero-order valence-corrected chi connectivity index (χ0v) is 21.6. The highest BCUT2D eigenvalue weighted by atomic mass is 16.3. The fourth-order valence-corrected chi connectivity index (χ4v) is 4.62. The van der Waals surface area contributed by atoms with E-state index >= 15 is 0 Å². The lowest BCUT2D eigenvalue weighted by Crippen LogP contribution is -2.06. The third-order valence-corrected chi connectivity index (χ3v) is 6.84. The summed E-state index contributed by atoms with van der Waals surface area (Å²) in [6.45, 7) is 2.55. The van der Waals surface area contributed by atoms with Crippen molar-refractivity contribution >= 4 is 0 Å². The van der Waals surface area contributed by atoms with Gasteiger partial charge in [-0.1, -0.05) is 148 Å². The lowest BCUT2D eigenvalue weighted by molar-refractivity contribution is 0.144. The number of hydrogen-bond donors (Lipinski definition) is 2. The van der Waals surface area contributed by atoms with Crippen molar-refractivity contribution in [3.05, 3.63) is 0 Å². The molecule has 2 nitrogen and oxygen atoms in total. The summed E-state index contributed by atoms with van der Waals surface area (Å²) in [7, 11) is 0. The van der Waals surface area contributed by atoms with Gasteiger partial charge in [0.05, 0.1) is 6.10 Å². The van der Waals surface area contributed by atoms with E-state index in [4.69, 9.17) is 5.11 Å². The predicted molar refractivity (Wildman–Crippen MR) is 139 cm³/mol. The summed E-state index contributed by atoms with van der Waals surface area (Å²) in [5.74, 6) is 0. The fourth-order valence-electron chi connectivity index (χ4n) is 4.62. The van der Waals surface area contributed by atoms with E-state index < -0.39 is 0 Å². The minimum Gasteiger partial charge on any atom is -0.396 e. The summed E-state index contributed by atoms with van der Waals surface area (Å²) in [5, 5.41) is 18.6. The zero-order chi connectivity index (χ0) is 22.7. The lowest BCUT2D eigenvalue weighted by Gasteiger charge is -2.09. The van der Waals surface area contributed by atoms with Crippen LogP contribution in [0.3, 0.4) is 0 Å². The predicted octanol–water partition coefficient (Wildman–Crippen LogP) is 9.50. The molecule has 1 unspecified atom stereocenters. The maximum atomic E-state index is 9.86. The molecular formula is C29H60O2. The number of hydrogen-bond acceptors (Lipinski definition) is 2. The molecule has 0 aromatic rings. The van der Waals surface area contributed by atoms with Crippen LogP contribution in [-0.2, 0) is 0 Å². The van der Waals surface area contributed by atoms with Gasteiger partial charge in [0.1, 0.15) is 0 Å². The van der Waals surface area contributed by atoms with Gasteiger partial charge in [-0.15, -0.1) is 0 Å². The average molecular weight is 441 g/mol. The van der Waals surface area contributed by atoms with Crippen LogP contribution in [0.4, 0.5) is 0 Å². The number of rotatable bonds is 27. The molecule has 0 amide bonds. The van der Waals surface area contributed by atoms with E-state index in [0.717, 1.165) is 25.7 Å². The van der Waals surface area contributed by atoms with Gasteiger partial charge in [-0.25, -0.2) is 0 Å². The highest BCUT2D eigenvalue weighted by Crippen LogP contribution is 2.16. The van der Waals surface area contributed by atoms with E-state index in [-0.39, 0.29) is 12.7 Å². The smallest absolute Gasteiger partial charge is 0.0540 e. The molecule has 0 fully saturated rings. The van der Waals surface area contributed by atoms with Crippen molar-refractivity contribution in [2.75, 3.05) is 6.61 Å². The van der Waals surface area contributed by atoms with E-state index in [1.807, 2.05) is 0 Å². The number of aliphatic hydroxyl groups is 2. The van der Waals surface area contributed by atoms with Crippen LogP contribution in [-0.4, -0.2) is 22.9 Å². The fraction of sp³-hybridized carbons (Fsp3) is 1.00. The lowest BCUT2D eigenvalue weighted by atomic mass is 10.0. The maximum Gasteiger partial charge on any atom is 0.0540 e. The van der Waals surface area contributed by atoms with Crippen molar-refractivity contribution < 1.29 is 10.2 Å². The van der Waals surface area contributed by atoms with Gasteiger partial charge < -0.3 is 10.2 Å². The molecule has 188 valence electrons. The summed E-state index contributed by atoms with van der Waals surface area (Å²) in [6, 6.07) is 0. The molecule has 0 saturated carbocycles. The van der Waals surface area contributed by atoms with E-state index in [9.17, 15) is 5.11 Å². The number of aliphatic hydroxyl groups excluding tert-OH is 2. The van der Waals surface area contributed by atoms with Crippen LogP contribution in [0.1, 0.15) is 174 Å². The molecule has 0 aliphatic carbocycles. The second-order valence-electron chi connectivity index (χ2n) is 10.1. The maximum absolute atomic E-state index is 9.86. The molecule has 0 spiro atoms. The first kappa shape index (κ1) is 30.9. The molecule has 0 aromatic heterocycles. The molecule has 2 N–H and O–H groups in total. The van der Waals surface area contributed by atoms with Crippen molar-refractivity contribution in [2.45, 2.75) is 180 Å². The molecule has 0 saturated heterocycles. The van der Waals surface area contributed by atoms with Gasteiger partial charge in [0.2, 0.25) is 0 Å². The molecule has 0 radical (unpaired) electrons. The van der Waals surface area contributed by atoms with Crippen LogP contribution in [0.15, 0.2) is 0 Å². The van der Waals surface area contributed by atoms with Crippen LogP contribution < -0.4 is 0 Å². The van der Waals surface area contributed by atoms with Gasteiger partial charge in [-0.05, 0) is 25.7 Å². The Morgan fingerprint density at radius 2 is 0.645 bits per heavy atom. The summed E-state index contributed by atoms with van der Waals surface area (Å²) < 4.78 is 0. The van der Waals surface area contributed by atoms with Gasteiger partial charge in [0.25, 0.3) is 0 Å². The van der Waals surface area contributed by atoms with Crippen LogP contribution in [0.25, 0.3) is 0 Å². The topological polar surface area (TPSA) is 40.5 Å². The molecule has 0 aromatic carbocycles. The van der Waals surface area contributed by atoms with Gasteiger partial charge in [0.15, 0.2) is 0 Å². The SMILES string of the molecule is CCCCCCCCCCCCCCCCCCCCCCCCC(O)CCCCO. The van der Waals surface area contributed by atoms with Crippen LogP contribution >= 0.6 is 0 Å². The van der Waals surface area contributed by atoms with E-state index in [0.29, 0.717) is 0 Å². The standard InChI is InChI=1S/C29H60O2/c1-2-3-4-5-6-7-8-9-10-11-12-13-14-15-16-17-18-19-20-21-22-23-26-29(31)27-24-25-28-30/h29-31H,2-28H2,1H3. The van der Waals surface area contributed by atoms with E-state index in [1.165, 1.54) is 141 Å². The van der Waals surface area contributed by atoms with Crippen LogP contribution in [0, 0.1) is 0 Å². The second-order valence-corrected chi connectivity index (χ2v) is 10.1. The Kier molecular flexibility index (Phi) is 27.9. The summed E-state index contributed by atoms with van der Waals surface area (Å²) in [4.78, 5) is 0. The quantitative estimate of drug-likeness (QED) is 0.125. The Balaban J connectivity index is 3.05. The molecule has 0 aliphatic rings. The summed E-state index contributed by atoms with van der Waals surface area (Å²) in [6.07, 6.45) is 34.7. The van der Waals surface area contributed by atoms with Gasteiger partial charge >= 0.3 is 0 Å². The molecule has 31 heavy (non-hydrogen) atoms. The van der Waals surface area contributed by atoms with Gasteiger partial charge in [-0.3, -0.25) is 0 Å². The third kappa shape index (κ3) is 27.9. The first-order valence-electron chi connectivity index (χ1n) is 14.6.